The first kappa shape index (κ1) is 17.9. The van der Waals surface area contributed by atoms with E-state index in [9.17, 15) is 14.7 Å². The summed E-state index contributed by atoms with van der Waals surface area (Å²) in [4.78, 5) is 26.4. The number of hydrogen-bond acceptors (Lipinski definition) is 5. The van der Waals surface area contributed by atoms with E-state index >= 15 is 0 Å². The molecule has 0 bridgehead atoms. The van der Waals surface area contributed by atoms with E-state index in [-0.39, 0.29) is 35.1 Å². The van der Waals surface area contributed by atoms with Crippen molar-refractivity contribution in [1.29, 1.82) is 0 Å². The molecule has 2 fully saturated rings. The third-order valence-electron chi connectivity index (χ3n) is 5.85. The number of nitrogens with zero attached hydrogens (tertiary/aromatic N) is 2. The van der Waals surface area contributed by atoms with Gasteiger partial charge in [0, 0.05) is 31.0 Å². The van der Waals surface area contributed by atoms with Crippen LogP contribution >= 0.6 is 0 Å². The molecule has 0 spiro atoms. The van der Waals surface area contributed by atoms with E-state index in [0.29, 0.717) is 18.7 Å². The zero-order valence-electron chi connectivity index (χ0n) is 15.1. The molecular formula is C18H27N3O4. The van der Waals surface area contributed by atoms with Crippen molar-refractivity contribution in [1.82, 2.24) is 15.4 Å². The van der Waals surface area contributed by atoms with Crippen molar-refractivity contribution in [2.45, 2.75) is 71.1 Å². The molecule has 1 saturated heterocycles. The molecule has 1 aromatic heterocycles. The Balaban J connectivity index is 1.74. The van der Waals surface area contributed by atoms with Gasteiger partial charge in [-0.05, 0) is 26.2 Å². The standard InChI is InChI=1S/C18H27N3O4/c1-11-8-14(25-20-11)17(24)19-10-13-9-18(3)15(21(13)12(2)22)6-4-5-7-16(18)23/h8,13,15-16,23H,4-7,9-10H2,1-3H3,(H,19,24)/t13-,15-,16+,18-/m1/s1. The van der Waals surface area contributed by atoms with Crippen LogP contribution in [0.1, 0.15) is 62.2 Å². The van der Waals surface area contributed by atoms with E-state index in [2.05, 4.69) is 17.4 Å². The molecule has 1 saturated carbocycles. The Morgan fingerprint density at radius 1 is 1.44 bits per heavy atom. The van der Waals surface area contributed by atoms with Crippen molar-refractivity contribution >= 4 is 11.8 Å². The van der Waals surface area contributed by atoms with Gasteiger partial charge in [0.2, 0.25) is 11.7 Å². The van der Waals surface area contributed by atoms with Crippen molar-refractivity contribution in [2.75, 3.05) is 6.54 Å². The van der Waals surface area contributed by atoms with Crippen LogP contribution in [-0.4, -0.2) is 51.7 Å². The highest BCUT2D eigenvalue weighted by atomic mass is 16.5. The Bertz CT molecular complexity index is 659. The fraction of sp³-hybridized carbons (Fsp3) is 0.722. The first-order valence-corrected chi connectivity index (χ1v) is 9.01. The largest absolute Gasteiger partial charge is 0.392 e. The van der Waals surface area contributed by atoms with Gasteiger partial charge in [-0.2, -0.15) is 0 Å². The number of carbonyl (C=O) groups is 2. The summed E-state index contributed by atoms with van der Waals surface area (Å²) >= 11 is 0. The van der Waals surface area contributed by atoms with Crippen LogP contribution in [0, 0.1) is 12.3 Å². The Hall–Kier alpha value is -1.89. The number of hydrogen-bond donors (Lipinski definition) is 2. The summed E-state index contributed by atoms with van der Waals surface area (Å²) in [6.07, 6.45) is 3.95. The Kier molecular flexibility index (Phi) is 4.86. The van der Waals surface area contributed by atoms with Gasteiger partial charge in [0.05, 0.1) is 17.8 Å². The lowest BCUT2D eigenvalue weighted by molar-refractivity contribution is -0.133. The molecule has 2 heterocycles. The smallest absolute Gasteiger partial charge is 0.289 e. The van der Waals surface area contributed by atoms with E-state index in [1.165, 1.54) is 0 Å². The Morgan fingerprint density at radius 2 is 2.16 bits per heavy atom. The predicted molar refractivity (Wildman–Crippen MR) is 90.9 cm³/mol. The van der Waals surface area contributed by atoms with Crippen LogP contribution in [0.3, 0.4) is 0 Å². The lowest BCUT2D eigenvalue weighted by Gasteiger charge is -2.37. The monoisotopic (exact) mass is 349 g/mol. The average molecular weight is 349 g/mol. The van der Waals surface area contributed by atoms with Crippen LogP contribution in [0.15, 0.2) is 10.6 Å². The fourth-order valence-corrected chi connectivity index (χ4v) is 4.56. The second-order valence-electron chi connectivity index (χ2n) is 7.65. The van der Waals surface area contributed by atoms with Gasteiger partial charge < -0.3 is 19.8 Å². The molecule has 0 unspecified atom stereocenters. The number of amides is 2. The van der Waals surface area contributed by atoms with E-state index in [1.54, 1.807) is 19.9 Å². The van der Waals surface area contributed by atoms with E-state index in [0.717, 1.165) is 25.7 Å². The molecule has 7 nitrogen and oxygen atoms in total. The Labute approximate surface area is 147 Å². The van der Waals surface area contributed by atoms with Crippen LogP contribution in [-0.2, 0) is 4.79 Å². The molecule has 2 amide bonds. The summed E-state index contributed by atoms with van der Waals surface area (Å²) in [7, 11) is 0. The molecule has 4 atom stereocenters. The van der Waals surface area contributed by atoms with E-state index in [1.807, 2.05) is 4.90 Å². The molecular weight excluding hydrogens is 322 g/mol. The van der Waals surface area contributed by atoms with Gasteiger partial charge in [-0.3, -0.25) is 9.59 Å². The summed E-state index contributed by atoms with van der Waals surface area (Å²) in [5, 5.41) is 17.2. The summed E-state index contributed by atoms with van der Waals surface area (Å²) in [5.41, 5.74) is 0.328. The number of aryl methyl sites for hydroxylation is 1. The topological polar surface area (TPSA) is 95.7 Å². The molecule has 3 rings (SSSR count). The Morgan fingerprint density at radius 3 is 2.80 bits per heavy atom. The minimum atomic E-state index is -0.417. The predicted octanol–water partition coefficient (Wildman–Crippen LogP) is 1.64. The highest BCUT2D eigenvalue weighted by Gasteiger charge is 2.54. The van der Waals surface area contributed by atoms with E-state index < -0.39 is 6.10 Å². The summed E-state index contributed by atoms with van der Waals surface area (Å²) in [6, 6.07) is 1.49. The number of likely N-dealkylation sites (tertiary alicyclic amines) is 1. The molecule has 2 aliphatic rings. The maximum atomic E-state index is 12.3. The van der Waals surface area contributed by atoms with Gasteiger partial charge in [0.15, 0.2) is 0 Å². The molecule has 1 aliphatic carbocycles. The van der Waals surface area contributed by atoms with Crippen molar-refractivity contribution in [3.63, 3.8) is 0 Å². The molecule has 0 aromatic carbocycles. The molecule has 138 valence electrons. The minimum absolute atomic E-state index is 0.00224. The van der Waals surface area contributed by atoms with Crippen LogP contribution in [0.4, 0.5) is 0 Å². The average Bonchev–Trinajstić information content (AvgIpc) is 3.07. The first-order chi connectivity index (χ1) is 11.8. The van der Waals surface area contributed by atoms with Gasteiger partial charge >= 0.3 is 0 Å². The number of aliphatic hydroxyl groups is 1. The number of nitrogens with one attached hydrogen (secondary N) is 1. The zero-order chi connectivity index (χ0) is 18.2. The van der Waals surface area contributed by atoms with Gasteiger partial charge in [-0.25, -0.2) is 0 Å². The zero-order valence-corrected chi connectivity index (χ0v) is 15.1. The first-order valence-electron chi connectivity index (χ1n) is 9.01. The minimum Gasteiger partial charge on any atom is -0.392 e. The van der Waals surface area contributed by atoms with Crippen molar-refractivity contribution in [3.8, 4) is 0 Å². The van der Waals surface area contributed by atoms with Gasteiger partial charge in [0.1, 0.15) is 0 Å². The summed E-state index contributed by atoms with van der Waals surface area (Å²) in [5.74, 6) is -0.162. The maximum Gasteiger partial charge on any atom is 0.289 e. The fourth-order valence-electron chi connectivity index (χ4n) is 4.56. The number of rotatable bonds is 3. The van der Waals surface area contributed by atoms with Crippen LogP contribution in [0.25, 0.3) is 0 Å². The third kappa shape index (κ3) is 3.29. The van der Waals surface area contributed by atoms with Crippen LogP contribution in [0.5, 0.6) is 0 Å². The SMILES string of the molecule is CC(=O)N1[C@@H](CNC(=O)c2cc(C)no2)C[C@@]2(C)[C@@H](O)CCCC[C@@H]12. The van der Waals surface area contributed by atoms with Crippen LogP contribution in [0.2, 0.25) is 0 Å². The number of aliphatic hydroxyl groups excluding tert-OH is 1. The summed E-state index contributed by atoms with van der Waals surface area (Å²) < 4.78 is 4.98. The quantitative estimate of drug-likeness (QED) is 0.865. The van der Waals surface area contributed by atoms with Crippen LogP contribution < -0.4 is 5.32 Å². The van der Waals surface area contributed by atoms with Crippen molar-refractivity contribution in [3.05, 3.63) is 17.5 Å². The molecule has 1 aromatic rings. The van der Waals surface area contributed by atoms with Gasteiger partial charge in [0.25, 0.3) is 5.91 Å². The number of carbonyl (C=O) groups excluding carboxylic acids is 2. The highest BCUT2D eigenvalue weighted by molar-refractivity contribution is 5.91. The number of aromatic nitrogens is 1. The normalized spacial score (nSPS) is 32.2. The van der Waals surface area contributed by atoms with Gasteiger partial charge in [-0.15, -0.1) is 0 Å². The lowest BCUT2D eigenvalue weighted by atomic mass is 9.75. The molecule has 0 radical (unpaired) electrons. The maximum absolute atomic E-state index is 12.3. The van der Waals surface area contributed by atoms with Crippen molar-refractivity contribution < 1.29 is 19.2 Å². The second-order valence-corrected chi connectivity index (χ2v) is 7.65. The second kappa shape index (κ2) is 6.78. The lowest BCUT2D eigenvalue weighted by Crippen LogP contribution is -2.48. The molecule has 1 aliphatic heterocycles. The number of fused-ring (bicyclic) bond motifs is 1. The molecule has 25 heavy (non-hydrogen) atoms. The molecule has 7 heteroatoms. The van der Waals surface area contributed by atoms with Gasteiger partial charge in [-0.1, -0.05) is 24.9 Å². The molecule has 2 N–H and O–H groups in total. The third-order valence-corrected chi connectivity index (χ3v) is 5.85. The van der Waals surface area contributed by atoms with Crippen molar-refractivity contribution in [2.24, 2.45) is 5.41 Å². The summed E-state index contributed by atoms with van der Waals surface area (Å²) in [6.45, 7) is 5.74. The van der Waals surface area contributed by atoms with E-state index in [4.69, 9.17) is 4.52 Å². The highest BCUT2D eigenvalue weighted by Crippen LogP contribution is 2.48.